The van der Waals surface area contributed by atoms with E-state index >= 15 is 0 Å². The number of hydrogen-bond donors (Lipinski definition) is 1. The zero-order chi connectivity index (χ0) is 20.1. The van der Waals surface area contributed by atoms with Crippen molar-refractivity contribution in [3.8, 4) is 5.69 Å². The number of piperazine rings is 1. The molecule has 158 valence electrons. The fourth-order valence-corrected chi connectivity index (χ4v) is 3.54. The maximum absolute atomic E-state index is 11.6. The molecule has 1 saturated heterocycles. The van der Waals surface area contributed by atoms with Gasteiger partial charge >= 0.3 is 0 Å². The van der Waals surface area contributed by atoms with E-state index in [0.29, 0.717) is 6.54 Å². The molecule has 0 saturated carbocycles. The molecule has 1 aromatic carbocycles. The van der Waals surface area contributed by atoms with Crippen molar-refractivity contribution in [2.75, 3.05) is 32.7 Å². The summed E-state index contributed by atoms with van der Waals surface area (Å²) in [6.45, 7) is 12.3. The third kappa shape index (κ3) is 5.49. The fraction of sp³-hybridized carbons (Fsp3) is 0.476. The fourth-order valence-electron chi connectivity index (χ4n) is 3.54. The lowest BCUT2D eigenvalue weighted by Gasteiger charge is -2.36. The Labute approximate surface area is 190 Å². The zero-order valence-corrected chi connectivity index (χ0v) is 20.0. The second-order valence-electron chi connectivity index (χ2n) is 7.06. The average molecular weight is 510 g/mol. The van der Waals surface area contributed by atoms with Gasteiger partial charge in [0.1, 0.15) is 0 Å². The van der Waals surface area contributed by atoms with E-state index in [1.54, 1.807) is 6.92 Å². The van der Waals surface area contributed by atoms with Crippen molar-refractivity contribution in [1.82, 2.24) is 24.9 Å². The summed E-state index contributed by atoms with van der Waals surface area (Å²) in [7, 11) is 0. The van der Waals surface area contributed by atoms with Gasteiger partial charge in [0.15, 0.2) is 5.96 Å². The van der Waals surface area contributed by atoms with Crippen molar-refractivity contribution < 1.29 is 4.79 Å². The first-order chi connectivity index (χ1) is 13.5. The van der Waals surface area contributed by atoms with Gasteiger partial charge in [-0.15, -0.1) is 24.0 Å². The molecule has 2 heterocycles. The molecule has 8 heteroatoms. The molecule has 7 nitrogen and oxygen atoms in total. The van der Waals surface area contributed by atoms with Crippen LogP contribution in [-0.4, -0.2) is 64.2 Å². The number of benzene rings is 1. The number of carbonyl (C=O) groups excluding carboxylic acids is 1. The number of aryl methyl sites for hydroxylation is 1. The van der Waals surface area contributed by atoms with Gasteiger partial charge in [0.05, 0.1) is 17.9 Å². The SMILES string of the molecule is CCNC(=NCc1c(C)nn(-c2ccccc2)c1C)N1CCN(C(C)=O)CC1.I. The number of hydrogen-bond acceptors (Lipinski definition) is 3. The number of halogens is 1. The summed E-state index contributed by atoms with van der Waals surface area (Å²) >= 11 is 0. The van der Waals surface area contributed by atoms with Crippen molar-refractivity contribution in [3.63, 3.8) is 0 Å². The molecule has 0 radical (unpaired) electrons. The Balaban J connectivity index is 0.00000300. The van der Waals surface area contributed by atoms with Crippen LogP contribution in [0, 0.1) is 13.8 Å². The molecule has 1 amide bonds. The number of carbonyl (C=O) groups is 1. The van der Waals surface area contributed by atoms with Crippen molar-refractivity contribution in [3.05, 3.63) is 47.3 Å². The molecule has 1 N–H and O–H groups in total. The maximum atomic E-state index is 11.6. The Morgan fingerprint density at radius 1 is 1.10 bits per heavy atom. The van der Waals surface area contributed by atoms with Crippen molar-refractivity contribution in [1.29, 1.82) is 0 Å². The monoisotopic (exact) mass is 510 g/mol. The van der Waals surface area contributed by atoms with E-state index in [1.807, 2.05) is 34.7 Å². The molecule has 0 atom stereocenters. The van der Waals surface area contributed by atoms with Gasteiger partial charge in [-0.25, -0.2) is 9.67 Å². The van der Waals surface area contributed by atoms with E-state index in [2.05, 4.69) is 36.2 Å². The predicted molar refractivity (Wildman–Crippen MR) is 127 cm³/mol. The van der Waals surface area contributed by atoms with Gasteiger partial charge in [-0.1, -0.05) is 18.2 Å². The van der Waals surface area contributed by atoms with E-state index in [-0.39, 0.29) is 29.9 Å². The molecule has 0 unspecified atom stereocenters. The van der Waals surface area contributed by atoms with Gasteiger partial charge < -0.3 is 15.1 Å². The highest BCUT2D eigenvalue weighted by atomic mass is 127. The number of rotatable bonds is 4. The Bertz CT molecular complexity index is 840. The molecule has 1 aliphatic rings. The Kier molecular flexibility index (Phi) is 8.48. The van der Waals surface area contributed by atoms with Gasteiger partial charge in [0.2, 0.25) is 5.91 Å². The van der Waals surface area contributed by atoms with Crippen LogP contribution in [0.4, 0.5) is 0 Å². The zero-order valence-electron chi connectivity index (χ0n) is 17.7. The van der Waals surface area contributed by atoms with Gasteiger partial charge in [0, 0.05) is 50.9 Å². The molecule has 1 fully saturated rings. The normalized spacial score (nSPS) is 14.6. The highest BCUT2D eigenvalue weighted by molar-refractivity contribution is 14.0. The van der Waals surface area contributed by atoms with E-state index in [1.165, 1.54) is 0 Å². The second-order valence-corrected chi connectivity index (χ2v) is 7.06. The quantitative estimate of drug-likeness (QED) is 0.391. The van der Waals surface area contributed by atoms with Crippen LogP contribution in [0.1, 0.15) is 30.8 Å². The third-order valence-corrected chi connectivity index (χ3v) is 5.19. The van der Waals surface area contributed by atoms with Crippen LogP contribution in [0.5, 0.6) is 0 Å². The van der Waals surface area contributed by atoms with Crippen LogP contribution in [0.25, 0.3) is 5.69 Å². The first-order valence-corrected chi connectivity index (χ1v) is 9.90. The predicted octanol–water partition coefficient (Wildman–Crippen LogP) is 2.74. The van der Waals surface area contributed by atoms with E-state index < -0.39 is 0 Å². The van der Waals surface area contributed by atoms with E-state index in [9.17, 15) is 4.79 Å². The van der Waals surface area contributed by atoms with Crippen molar-refractivity contribution in [2.45, 2.75) is 34.2 Å². The van der Waals surface area contributed by atoms with Gasteiger partial charge in [0.25, 0.3) is 0 Å². The molecular weight excluding hydrogens is 479 g/mol. The maximum Gasteiger partial charge on any atom is 0.219 e. The summed E-state index contributed by atoms with van der Waals surface area (Å²) in [6.07, 6.45) is 0. The molecule has 2 aromatic rings. The molecule has 0 spiro atoms. The topological polar surface area (TPSA) is 65.8 Å². The molecule has 1 aromatic heterocycles. The lowest BCUT2D eigenvalue weighted by molar-refractivity contribution is -0.130. The minimum Gasteiger partial charge on any atom is -0.357 e. The van der Waals surface area contributed by atoms with Gasteiger partial charge in [-0.2, -0.15) is 5.10 Å². The van der Waals surface area contributed by atoms with E-state index in [4.69, 9.17) is 10.1 Å². The standard InChI is InChI=1S/C21H30N6O.HI/c1-5-22-21(26-13-11-25(12-14-26)18(4)28)23-15-20-16(2)24-27(17(20)3)19-9-7-6-8-10-19;/h6-10H,5,11-15H2,1-4H3,(H,22,23);1H. The minimum absolute atomic E-state index is 0. The van der Waals surface area contributed by atoms with Gasteiger partial charge in [-0.05, 0) is 32.9 Å². The van der Waals surface area contributed by atoms with Crippen LogP contribution in [0.3, 0.4) is 0 Å². The molecule has 3 rings (SSSR count). The first-order valence-electron chi connectivity index (χ1n) is 9.90. The highest BCUT2D eigenvalue weighted by Gasteiger charge is 2.21. The van der Waals surface area contributed by atoms with Crippen LogP contribution in [-0.2, 0) is 11.3 Å². The Hall–Kier alpha value is -2.10. The van der Waals surface area contributed by atoms with E-state index in [0.717, 1.165) is 61.3 Å². The molecule has 0 bridgehead atoms. The number of nitrogens with one attached hydrogen (secondary N) is 1. The average Bonchev–Trinajstić information content (AvgIpc) is 2.99. The number of para-hydroxylation sites is 1. The first kappa shape index (κ1) is 23.2. The number of aromatic nitrogens is 2. The number of amides is 1. The lowest BCUT2D eigenvalue weighted by atomic mass is 10.2. The summed E-state index contributed by atoms with van der Waals surface area (Å²) in [5, 5.41) is 8.10. The largest absolute Gasteiger partial charge is 0.357 e. The number of guanidine groups is 1. The second kappa shape index (κ2) is 10.6. The van der Waals surface area contributed by atoms with Crippen LogP contribution in [0.15, 0.2) is 35.3 Å². The van der Waals surface area contributed by atoms with Crippen LogP contribution in [0.2, 0.25) is 0 Å². The highest BCUT2D eigenvalue weighted by Crippen LogP contribution is 2.19. The molecule has 1 aliphatic heterocycles. The summed E-state index contributed by atoms with van der Waals surface area (Å²) in [5.74, 6) is 1.04. The van der Waals surface area contributed by atoms with Crippen molar-refractivity contribution in [2.24, 2.45) is 4.99 Å². The lowest BCUT2D eigenvalue weighted by Crippen LogP contribution is -2.53. The Morgan fingerprint density at radius 3 is 2.31 bits per heavy atom. The summed E-state index contributed by atoms with van der Waals surface area (Å²) in [6, 6.07) is 10.2. The molecular formula is C21H31IN6O. The van der Waals surface area contributed by atoms with Gasteiger partial charge in [-0.3, -0.25) is 4.79 Å². The summed E-state index contributed by atoms with van der Waals surface area (Å²) < 4.78 is 1.98. The summed E-state index contributed by atoms with van der Waals surface area (Å²) in [5.41, 5.74) is 4.33. The Morgan fingerprint density at radius 2 is 1.72 bits per heavy atom. The molecule has 0 aliphatic carbocycles. The number of aliphatic imine (C=N–C) groups is 1. The van der Waals surface area contributed by atoms with Crippen molar-refractivity contribution >= 4 is 35.8 Å². The third-order valence-electron chi connectivity index (χ3n) is 5.19. The number of nitrogens with zero attached hydrogens (tertiary/aromatic N) is 5. The van der Waals surface area contributed by atoms with Crippen LogP contribution >= 0.6 is 24.0 Å². The molecule has 29 heavy (non-hydrogen) atoms. The van der Waals surface area contributed by atoms with Crippen LogP contribution < -0.4 is 5.32 Å². The summed E-state index contributed by atoms with van der Waals surface area (Å²) in [4.78, 5) is 20.6. The smallest absolute Gasteiger partial charge is 0.219 e. The minimum atomic E-state index is 0.